The molecule has 0 bridgehead atoms. The van der Waals surface area contributed by atoms with Crippen molar-refractivity contribution in [2.24, 2.45) is 0 Å². The van der Waals surface area contributed by atoms with Crippen LogP contribution in [0.5, 0.6) is 0 Å². The van der Waals surface area contributed by atoms with Crippen LogP contribution in [0.15, 0.2) is 49.1 Å². The Labute approximate surface area is 175 Å². The number of aromatic nitrogens is 3. The standard InChI is InChI=1S/C22H26N6O2/c1-30-11-8-24-19-4-9-28(10-5-19)22(29)27-21-13-18-12-16(2-3-17(18)14-26-21)20-15-23-6-7-25-20/h2-3,6-7,12-15,19,24H,4-5,8-11H2,1H3,(H,26,27,29). The number of rotatable bonds is 6. The van der Waals surface area contributed by atoms with Gasteiger partial charge in [0.25, 0.3) is 0 Å². The van der Waals surface area contributed by atoms with Gasteiger partial charge in [-0.05, 0) is 30.4 Å². The molecule has 30 heavy (non-hydrogen) atoms. The van der Waals surface area contributed by atoms with Crippen LogP contribution >= 0.6 is 0 Å². The second-order valence-electron chi connectivity index (χ2n) is 7.36. The molecule has 0 aliphatic carbocycles. The van der Waals surface area contributed by atoms with Crippen LogP contribution in [-0.2, 0) is 4.74 Å². The van der Waals surface area contributed by atoms with Crippen LogP contribution in [0, 0.1) is 0 Å². The van der Waals surface area contributed by atoms with E-state index in [-0.39, 0.29) is 6.03 Å². The quantitative estimate of drug-likeness (QED) is 0.612. The van der Waals surface area contributed by atoms with Crippen molar-refractivity contribution in [3.8, 4) is 11.3 Å². The van der Waals surface area contributed by atoms with Crippen LogP contribution in [0.4, 0.5) is 10.6 Å². The number of likely N-dealkylation sites (tertiary alicyclic amines) is 1. The molecule has 1 fully saturated rings. The van der Waals surface area contributed by atoms with E-state index < -0.39 is 0 Å². The largest absolute Gasteiger partial charge is 0.383 e. The van der Waals surface area contributed by atoms with Crippen molar-refractivity contribution in [2.45, 2.75) is 18.9 Å². The third-order valence-corrected chi connectivity index (χ3v) is 5.34. The lowest BCUT2D eigenvalue weighted by atomic mass is 10.1. The Morgan fingerprint density at radius 2 is 2.00 bits per heavy atom. The molecule has 8 nitrogen and oxygen atoms in total. The lowest BCUT2D eigenvalue weighted by Gasteiger charge is -2.32. The summed E-state index contributed by atoms with van der Waals surface area (Å²) in [5.74, 6) is 0.545. The number of hydrogen-bond acceptors (Lipinski definition) is 6. The lowest BCUT2D eigenvalue weighted by molar-refractivity contribution is 0.174. The molecule has 3 heterocycles. The number of benzene rings is 1. The molecule has 0 spiro atoms. The van der Waals surface area contributed by atoms with E-state index in [9.17, 15) is 4.79 Å². The molecule has 1 aliphatic rings. The summed E-state index contributed by atoms with van der Waals surface area (Å²) >= 11 is 0. The Kier molecular flexibility index (Phi) is 6.46. The number of carbonyl (C=O) groups excluding carboxylic acids is 1. The predicted molar refractivity (Wildman–Crippen MR) is 116 cm³/mol. The van der Waals surface area contributed by atoms with Crippen LogP contribution in [0.3, 0.4) is 0 Å². The Morgan fingerprint density at radius 3 is 2.77 bits per heavy atom. The highest BCUT2D eigenvalue weighted by molar-refractivity contribution is 5.93. The summed E-state index contributed by atoms with van der Waals surface area (Å²) < 4.78 is 5.07. The summed E-state index contributed by atoms with van der Waals surface area (Å²) in [5, 5.41) is 8.40. The fourth-order valence-electron chi connectivity index (χ4n) is 3.66. The van der Waals surface area contributed by atoms with Gasteiger partial charge in [-0.2, -0.15) is 0 Å². The van der Waals surface area contributed by atoms with Crippen molar-refractivity contribution in [1.82, 2.24) is 25.2 Å². The number of carbonyl (C=O) groups is 1. The van der Waals surface area contributed by atoms with E-state index in [1.165, 1.54) is 0 Å². The predicted octanol–water partition coefficient (Wildman–Crippen LogP) is 2.92. The molecular formula is C22H26N6O2. The molecule has 2 N–H and O–H groups in total. The maximum absolute atomic E-state index is 12.7. The summed E-state index contributed by atoms with van der Waals surface area (Å²) in [7, 11) is 1.70. The van der Waals surface area contributed by atoms with Gasteiger partial charge in [0.05, 0.1) is 18.5 Å². The van der Waals surface area contributed by atoms with Gasteiger partial charge in [-0.15, -0.1) is 0 Å². The minimum Gasteiger partial charge on any atom is -0.383 e. The van der Waals surface area contributed by atoms with E-state index in [0.29, 0.717) is 18.5 Å². The molecule has 1 aliphatic heterocycles. The highest BCUT2D eigenvalue weighted by atomic mass is 16.5. The molecule has 0 atom stereocenters. The topological polar surface area (TPSA) is 92.3 Å². The number of hydrogen-bond donors (Lipinski definition) is 2. The highest BCUT2D eigenvalue weighted by Crippen LogP contribution is 2.24. The molecule has 0 radical (unpaired) electrons. The molecular weight excluding hydrogens is 380 g/mol. The van der Waals surface area contributed by atoms with Gasteiger partial charge in [0.1, 0.15) is 5.82 Å². The van der Waals surface area contributed by atoms with Crippen LogP contribution in [0.1, 0.15) is 12.8 Å². The van der Waals surface area contributed by atoms with Gasteiger partial charge in [0.15, 0.2) is 0 Å². The summed E-state index contributed by atoms with van der Waals surface area (Å²) in [4.78, 5) is 27.4. The van der Waals surface area contributed by atoms with Gasteiger partial charge in [-0.3, -0.25) is 15.3 Å². The molecule has 3 aromatic rings. The number of fused-ring (bicyclic) bond motifs is 1. The maximum Gasteiger partial charge on any atom is 0.323 e. The van der Waals surface area contributed by atoms with Crippen LogP contribution < -0.4 is 10.6 Å². The molecule has 4 rings (SSSR count). The van der Waals surface area contributed by atoms with Crippen LogP contribution in [-0.4, -0.2) is 65.3 Å². The zero-order valence-corrected chi connectivity index (χ0v) is 17.0. The van der Waals surface area contributed by atoms with Gasteiger partial charge in [-0.25, -0.2) is 9.78 Å². The average Bonchev–Trinajstić information content (AvgIpc) is 2.80. The summed E-state index contributed by atoms with van der Waals surface area (Å²) in [6, 6.07) is 8.25. The van der Waals surface area contributed by atoms with Gasteiger partial charge in [0.2, 0.25) is 0 Å². The van der Waals surface area contributed by atoms with Crippen molar-refractivity contribution in [3.63, 3.8) is 0 Å². The second-order valence-corrected chi connectivity index (χ2v) is 7.36. The van der Waals surface area contributed by atoms with E-state index in [0.717, 1.165) is 54.5 Å². The number of nitrogens with zero attached hydrogens (tertiary/aromatic N) is 4. The Bertz CT molecular complexity index is 989. The van der Waals surface area contributed by atoms with E-state index >= 15 is 0 Å². The van der Waals surface area contributed by atoms with E-state index in [1.807, 2.05) is 29.2 Å². The van der Waals surface area contributed by atoms with Crippen LogP contribution in [0.25, 0.3) is 22.0 Å². The molecule has 0 saturated carbocycles. The second kappa shape index (κ2) is 9.60. The van der Waals surface area contributed by atoms with Gasteiger partial charge in [0, 0.05) is 62.3 Å². The number of piperidine rings is 1. The van der Waals surface area contributed by atoms with Crippen molar-refractivity contribution in [2.75, 3.05) is 38.7 Å². The first-order valence-corrected chi connectivity index (χ1v) is 10.2. The Morgan fingerprint density at radius 1 is 1.13 bits per heavy atom. The molecule has 156 valence electrons. The first kappa shape index (κ1) is 20.2. The van der Waals surface area contributed by atoms with Gasteiger partial charge >= 0.3 is 6.03 Å². The zero-order valence-electron chi connectivity index (χ0n) is 17.0. The number of anilines is 1. The van der Waals surface area contributed by atoms with E-state index in [2.05, 4.69) is 25.6 Å². The lowest BCUT2D eigenvalue weighted by Crippen LogP contribution is -2.47. The Balaban J connectivity index is 1.39. The number of ether oxygens (including phenoxy) is 1. The third-order valence-electron chi connectivity index (χ3n) is 5.34. The molecule has 2 aromatic heterocycles. The normalized spacial score (nSPS) is 14.8. The molecule has 8 heteroatoms. The number of pyridine rings is 1. The highest BCUT2D eigenvalue weighted by Gasteiger charge is 2.22. The molecule has 2 amide bonds. The number of urea groups is 1. The smallest absolute Gasteiger partial charge is 0.323 e. The number of nitrogens with one attached hydrogen (secondary N) is 2. The Hall–Kier alpha value is -3.10. The molecule has 0 unspecified atom stereocenters. The van der Waals surface area contributed by atoms with Crippen molar-refractivity contribution < 1.29 is 9.53 Å². The minimum atomic E-state index is -0.109. The average molecular weight is 406 g/mol. The van der Waals surface area contributed by atoms with Crippen LogP contribution in [0.2, 0.25) is 0 Å². The minimum absolute atomic E-state index is 0.109. The van der Waals surface area contributed by atoms with Crippen molar-refractivity contribution in [1.29, 1.82) is 0 Å². The summed E-state index contributed by atoms with van der Waals surface area (Å²) in [5.41, 5.74) is 1.78. The molecule has 1 aromatic carbocycles. The summed E-state index contributed by atoms with van der Waals surface area (Å²) in [6.07, 6.45) is 8.71. The first-order valence-electron chi connectivity index (χ1n) is 10.2. The van der Waals surface area contributed by atoms with Gasteiger partial charge < -0.3 is 15.0 Å². The van der Waals surface area contributed by atoms with Crippen molar-refractivity contribution >= 4 is 22.6 Å². The first-order chi connectivity index (χ1) is 14.7. The third kappa shape index (κ3) is 4.90. The zero-order chi connectivity index (χ0) is 20.8. The monoisotopic (exact) mass is 406 g/mol. The number of methoxy groups -OCH3 is 1. The van der Waals surface area contributed by atoms with Gasteiger partial charge in [-0.1, -0.05) is 12.1 Å². The van der Waals surface area contributed by atoms with Crippen molar-refractivity contribution in [3.05, 3.63) is 49.1 Å². The SMILES string of the molecule is COCCNC1CCN(C(=O)Nc2cc3cc(-c4cnccn4)ccc3cn2)CC1. The maximum atomic E-state index is 12.7. The fourth-order valence-corrected chi connectivity index (χ4v) is 3.66. The molecule has 1 saturated heterocycles. The number of amides is 2. The fraction of sp³-hybridized carbons (Fsp3) is 0.364. The van der Waals surface area contributed by atoms with E-state index in [1.54, 1.807) is 31.9 Å². The van der Waals surface area contributed by atoms with E-state index in [4.69, 9.17) is 4.74 Å². The summed E-state index contributed by atoms with van der Waals surface area (Å²) in [6.45, 7) is 2.99.